The highest BCUT2D eigenvalue weighted by molar-refractivity contribution is 14.0. The second-order valence-corrected chi connectivity index (χ2v) is 5.29. The predicted octanol–water partition coefficient (Wildman–Crippen LogP) is 2.79. The van der Waals surface area contributed by atoms with Crippen molar-refractivity contribution < 1.29 is 0 Å². The zero-order chi connectivity index (χ0) is 14.9. The third-order valence-electron chi connectivity index (χ3n) is 3.87. The van der Waals surface area contributed by atoms with Crippen LogP contribution in [0.1, 0.15) is 24.4 Å². The molecule has 2 rings (SSSR count). The van der Waals surface area contributed by atoms with Gasteiger partial charge in [-0.1, -0.05) is 36.4 Å². The van der Waals surface area contributed by atoms with Crippen molar-refractivity contribution in [2.75, 3.05) is 33.2 Å². The van der Waals surface area contributed by atoms with Crippen LogP contribution in [0.2, 0.25) is 0 Å². The van der Waals surface area contributed by atoms with E-state index in [4.69, 9.17) is 0 Å². The number of hydrogen-bond acceptors (Lipinski definition) is 2. The Morgan fingerprint density at radius 2 is 1.95 bits per heavy atom. The molecule has 1 aliphatic heterocycles. The van der Waals surface area contributed by atoms with Crippen molar-refractivity contribution >= 4 is 29.9 Å². The lowest BCUT2D eigenvalue weighted by atomic mass is 10.1. The van der Waals surface area contributed by atoms with Crippen molar-refractivity contribution in [1.29, 1.82) is 0 Å². The van der Waals surface area contributed by atoms with Gasteiger partial charge in [-0.3, -0.25) is 9.89 Å². The maximum absolute atomic E-state index is 4.25. The van der Waals surface area contributed by atoms with Gasteiger partial charge < -0.3 is 10.6 Å². The van der Waals surface area contributed by atoms with Gasteiger partial charge >= 0.3 is 0 Å². The zero-order valence-corrected chi connectivity index (χ0v) is 15.6. The Kier molecular flexibility index (Phi) is 9.15. The summed E-state index contributed by atoms with van der Waals surface area (Å²) < 4.78 is 0. The van der Waals surface area contributed by atoms with Crippen molar-refractivity contribution in [3.8, 4) is 0 Å². The molecule has 1 aromatic rings. The van der Waals surface area contributed by atoms with E-state index in [1.54, 1.807) is 7.05 Å². The molecule has 0 spiro atoms. The number of aliphatic imine (C=N–C) groups is 1. The van der Waals surface area contributed by atoms with Crippen LogP contribution in [-0.4, -0.2) is 44.1 Å². The number of benzene rings is 1. The largest absolute Gasteiger partial charge is 0.354 e. The Balaban J connectivity index is 0.00000242. The summed E-state index contributed by atoms with van der Waals surface area (Å²) >= 11 is 0. The summed E-state index contributed by atoms with van der Waals surface area (Å²) in [4.78, 5) is 6.80. The van der Waals surface area contributed by atoms with Crippen molar-refractivity contribution in [2.45, 2.75) is 18.9 Å². The van der Waals surface area contributed by atoms with E-state index >= 15 is 0 Å². The molecule has 0 radical (unpaired) electrons. The Labute approximate surface area is 151 Å². The molecule has 0 aliphatic carbocycles. The average Bonchev–Trinajstić information content (AvgIpc) is 3.06. The molecule has 0 bridgehead atoms. The van der Waals surface area contributed by atoms with E-state index in [0.717, 1.165) is 19.0 Å². The lowest BCUT2D eigenvalue weighted by Gasteiger charge is -2.28. The molecule has 0 saturated carbocycles. The highest BCUT2D eigenvalue weighted by atomic mass is 127. The minimum Gasteiger partial charge on any atom is -0.354 e. The van der Waals surface area contributed by atoms with E-state index in [1.165, 1.54) is 31.5 Å². The third-order valence-corrected chi connectivity index (χ3v) is 3.87. The maximum Gasteiger partial charge on any atom is 0.191 e. The second kappa shape index (κ2) is 10.6. The normalized spacial score (nSPS) is 16.7. The van der Waals surface area contributed by atoms with Crippen LogP contribution in [0.15, 0.2) is 48.0 Å². The van der Waals surface area contributed by atoms with Crippen LogP contribution in [0.4, 0.5) is 0 Å². The monoisotopic (exact) mass is 414 g/mol. The second-order valence-electron chi connectivity index (χ2n) is 5.29. The smallest absolute Gasteiger partial charge is 0.191 e. The third kappa shape index (κ3) is 5.61. The summed E-state index contributed by atoms with van der Waals surface area (Å²) in [7, 11) is 1.80. The van der Waals surface area contributed by atoms with E-state index in [2.05, 4.69) is 57.4 Å². The number of nitrogens with zero attached hydrogens (tertiary/aromatic N) is 2. The standard InChI is InChI=1S/C17H26N4.HI/c1-3-11-19-17(18-2)20-14-16(21-12-7-8-13-21)15-9-5-4-6-10-15;/h3-6,9-10,16H,1,7-8,11-14H2,2H3,(H2,18,19,20);1H. The molecule has 4 nitrogen and oxygen atoms in total. The molecule has 5 heteroatoms. The van der Waals surface area contributed by atoms with Crippen LogP contribution < -0.4 is 10.6 Å². The summed E-state index contributed by atoms with van der Waals surface area (Å²) in [5, 5.41) is 6.65. The van der Waals surface area contributed by atoms with Gasteiger partial charge in [-0.05, 0) is 31.5 Å². The first-order valence-electron chi connectivity index (χ1n) is 7.69. The molecule has 22 heavy (non-hydrogen) atoms. The van der Waals surface area contributed by atoms with Crippen molar-refractivity contribution in [3.63, 3.8) is 0 Å². The summed E-state index contributed by atoms with van der Waals surface area (Å²) in [6.07, 6.45) is 4.43. The molecule has 1 aliphatic rings. The van der Waals surface area contributed by atoms with Gasteiger partial charge in [-0.2, -0.15) is 0 Å². The van der Waals surface area contributed by atoms with Crippen LogP contribution >= 0.6 is 24.0 Å². The fraction of sp³-hybridized carbons (Fsp3) is 0.471. The van der Waals surface area contributed by atoms with Gasteiger partial charge in [-0.25, -0.2) is 0 Å². The fourth-order valence-corrected chi connectivity index (χ4v) is 2.77. The number of rotatable bonds is 6. The molecule has 1 fully saturated rings. The number of hydrogen-bond donors (Lipinski definition) is 2. The first-order valence-corrected chi connectivity index (χ1v) is 7.69. The summed E-state index contributed by atoms with van der Waals surface area (Å²) in [5.74, 6) is 0.829. The van der Waals surface area contributed by atoms with E-state index < -0.39 is 0 Å². The zero-order valence-electron chi connectivity index (χ0n) is 13.3. The first-order chi connectivity index (χ1) is 10.3. The van der Waals surface area contributed by atoms with E-state index in [-0.39, 0.29) is 24.0 Å². The molecule has 1 unspecified atom stereocenters. The number of halogens is 1. The molecule has 0 aromatic heterocycles. The van der Waals surface area contributed by atoms with Crippen LogP contribution in [0.5, 0.6) is 0 Å². The fourth-order valence-electron chi connectivity index (χ4n) is 2.77. The van der Waals surface area contributed by atoms with Crippen molar-refractivity contribution in [3.05, 3.63) is 48.6 Å². The molecule has 1 aromatic carbocycles. The van der Waals surface area contributed by atoms with Crippen LogP contribution in [0.3, 0.4) is 0 Å². The van der Waals surface area contributed by atoms with Gasteiger partial charge in [0.15, 0.2) is 5.96 Å². The SMILES string of the molecule is C=CCNC(=NC)NCC(c1ccccc1)N1CCCC1.I. The molecular formula is C17H27IN4. The van der Waals surface area contributed by atoms with E-state index in [0.29, 0.717) is 6.04 Å². The number of likely N-dealkylation sites (tertiary alicyclic amines) is 1. The van der Waals surface area contributed by atoms with Crippen LogP contribution in [-0.2, 0) is 0 Å². The molecule has 1 atom stereocenters. The van der Waals surface area contributed by atoms with Gasteiger partial charge in [0.2, 0.25) is 0 Å². The summed E-state index contributed by atoms with van der Waals surface area (Å²) in [6.45, 7) is 7.66. The van der Waals surface area contributed by atoms with Gasteiger partial charge in [0, 0.05) is 20.1 Å². The Morgan fingerprint density at radius 3 is 2.55 bits per heavy atom. The lowest BCUT2D eigenvalue weighted by molar-refractivity contribution is 0.245. The minimum absolute atomic E-state index is 0. The van der Waals surface area contributed by atoms with Gasteiger partial charge in [0.25, 0.3) is 0 Å². The Bertz CT molecular complexity index is 455. The molecular weight excluding hydrogens is 387 g/mol. The molecule has 122 valence electrons. The van der Waals surface area contributed by atoms with E-state index in [1.807, 2.05) is 6.08 Å². The average molecular weight is 414 g/mol. The summed E-state index contributed by atoms with van der Waals surface area (Å²) in [6, 6.07) is 11.1. The number of nitrogens with one attached hydrogen (secondary N) is 2. The number of guanidine groups is 1. The van der Waals surface area contributed by atoms with Crippen LogP contribution in [0.25, 0.3) is 0 Å². The predicted molar refractivity (Wildman–Crippen MR) is 105 cm³/mol. The Morgan fingerprint density at radius 1 is 1.27 bits per heavy atom. The van der Waals surface area contributed by atoms with Crippen LogP contribution in [0, 0.1) is 0 Å². The van der Waals surface area contributed by atoms with Crippen molar-refractivity contribution in [1.82, 2.24) is 15.5 Å². The Hall–Kier alpha value is -1.08. The highest BCUT2D eigenvalue weighted by Gasteiger charge is 2.23. The van der Waals surface area contributed by atoms with Crippen molar-refractivity contribution in [2.24, 2.45) is 4.99 Å². The van der Waals surface area contributed by atoms with Gasteiger partial charge in [0.1, 0.15) is 0 Å². The molecule has 1 saturated heterocycles. The molecule has 1 heterocycles. The highest BCUT2D eigenvalue weighted by Crippen LogP contribution is 2.24. The lowest BCUT2D eigenvalue weighted by Crippen LogP contribution is -2.42. The minimum atomic E-state index is 0. The molecule has 2 N–H and O–H groups in total. The van der Waals surface area contributed by atoms with Gasteiger partial charge in [-0.15, -0.1) is 30.6 Å². The first kappa shape index (κ1) is 19.0. The summed E-state index contributed by atoms with van der Waals surface area (Å²) in [5.41, 5.74) is 1.37. The quantitative estimate of drug-likeness (QED) is 0.326. The topological polar surface area (TPSA) is 39.7 Å². The molecule has 0 amide bonds. The van der Waals surface area contributed by atoms with Gasteiger partial charge in [0.05, 0.1) is 6.04 Å². The van der Waals surface area contributed by atoms with E-state index in [9.17, 15) is 0 Å². The maximum atomic E-state index is 4.25.